The van der Waals surface area contributed by atoms with Crippen molar-refractivity contribution >= 4 is 5.91 Å². The minimum atomic E-state index is -0.238. The first kappa shape index (κ1) is 11.9. The molecular weight excluding hydrogens is 200 g/mol. The van der Waals surface area contributed by atoms with Crippen molar-refractivity contribution in [1.82, 2.24) is 5.32 Å². The maximum atomic E-state index is 12.4. The van der Waals surface area contributed by atoms with Crippen LogP contribution in [0.2, 0.25) is 0 Å². The highest BCUT2D eigenvalue weighted by molar-refractivity contribution is 5.84. The van der Waals surface area contributed by atoms with Crippen LogP contribution in [0.25, 0.3) is 0 Å². The SMILES string of the molecule is CCC1(NC(=O)C2(CN)CCCC2)CCC1. The maximum Gasteiger partial charge on any atom is 0.227 e. The summed E-state index contributed by atoms with van der Waals surface area (Å²) >= 11 is 0. The molecule has 16 heavy (non-hydrogen) atoms. The molecule has 0 spiro atoms. The van der Waals surface area contributed by atoms with Crippen molar-refractivity contribution in [1.29, 1.82) is 0 Å². The van der Waals surface area contributed by atoms with Gasteiger partial charge in [0, 0.05) is 12.1 Å². The number of hydrogen-bond donors (Lipinski definition) is 2. The van der Waals surface area contributed by atoms with Crippen LogP contribution < -0.4 is 11.1 Å². The lowest BCUT2D eigenvalue weighted by atomic mass is 9.73. The monoisotopic (exact) mass is 224 g/mol. The molecule has 0 aliphatic heterocycles. The molecule has 2 aliphatic rings. The zero-order chi connectivity index (χ0) is 11.6. The van der Waals surface area contributed by atoms with Crippen LogP contribution in [0.1, 0.15) is 58.3 Å². The lowest BCUT2D eigenvalue weighted by Crippen LogP contribution is -2.58. The van der Waals surface area contributed by atoms with Gasteiger partial charge in [-0.1, -0.05) is 19.8 Å². The predicted molar refractivity (Wildman–Crippen MR) is 65.0 cm³/mol. The molecule has 0 aromatic heterocycles. The normalized spacial score (nSPS) is 26.1. The largest absolute Gasteiger partial charge is 0.350 e. The van der Waals surface area contributed by atoms with Crippen LogP contribution in [0.5, 0.6) is 0 Å². The summed E-state index contributed by atoms with van der Waals surface area (Å²) in [5.74, 6) is 0.231. The van der Waals surface area contributed by atoms with Crippen molar-refractivity contribution < 1.29 is 4.79 Å². The molecule has 0 aromatic carbocycles. The van der Waals surface area contributed by atoms with Crippen LogP contribution in [-0.4, -0.2) is 18.0 Å². The molecule has 3 N–H and O–H groups in total. The van der Waals surface area contributed by atoms with Gasteiger partial charge in [-0.2, -0.15) is 0 Å². The van der Waals surface area contributed by atoms with E-state index in [4.69, 9.17) is 5.73 Å². The lowest BCUT2D eigenvalue weighted by Gasteiger charge is -2.44. The molecule has 3 nitrogen and oxygen atoms in total. The minimum Gasteiger partial charge on any atom is -0.350 e. The fraction of sp³-hybridized carbons (Fsp3) is 0.923. The highest BCUT2D eigenvalue weighted by Gasteiger charge is 2.44. The van der Waals surface area contributed by atoms with E-state index in [-0.39, 0.29) is 16.9 Å². The Hall–Kier alpha value is -0.570. The Morgan fingerprint density at radius 1 is 1.19 bits per heavy atom. The van der Waals surface area contributed by atoms with Gasteiger partial charge in [0.15, 0.2) is 0 Å². The summed E-state index contributed by atoms with van der Waals surface area (Å²) in [5, 5.41) is 3.29. The van der Waals surface area contributed by atoms with E-state index in [1.807, 2.05) is 0 Å². The molecule has 0 aromatic rings. The van der Waals surface area contributed by atoms with Gasteiger partial charge in [-0.05, 0) is 38.5 Å². The molecule has 2 saturated carbocycles. The van der Waals surface area contributed by atoms with Gasteiger partial charge >= 0.3 is 0 Å². The maximum absolute atomic E-state index is 12.4. The van der Waals surface area contributed by atoms with E-state index < -0.39 is 0 Å². The van der Waals surface area contributed by atoms with E-state index in [9.17, 15) is 4.79 Å². The molecule has 0 unspecified atom stereocenters. The van der Waals surface area contributed by atoms with Crippen LogP contribution in [0, 0.1) is 5.41 Å². The second kappa shape index (κ2) is 4.36. The lowest BCUT2D eigenvalue weighted by molar-refractivity contribution is -0.133. The van der Waals surface area contributed by atoms with Crippen LogP contribution in [0.4, 0.5) is 0 Å². The molecule has 0 bridgehead atoms. The Morgan fingerprint density at radius 2 is 1.81 bits per heavy atom. The second-order valence-electron chi connectivity index (χ2n) is 5.63. The molecule has 1 amide bonds. The van der Waals surface area contributed by atoms with E-state index >= 15 is 0 Å². The highest BCUT2D eigenvalue weighted by Crippen LogP contribution is 2.40. The number of nitrogens with one attached hydrogen (secondary N) is 1. The number of carbonyl (C=O) groups excluding carboxylic acids is 1. The molecule has 0 radical (unpaired) electrons. The van der Waals surface area contributed by atoms with E-state index in [0.29, 0.717) is 6.54 Å². The number of rotatable bonds is 4. The molecule has 2 rings (SSSR count). The summed E-state index contributed by atoms with van der Waals surface area (Å²) in [6.45, 7) is 2.68. The Bertz CT molecular complexity index is 260. The average molecular weight is 224 g/mol. The fourth-order valence-electron chi connectivity index (χ4n) is 3.12. The van der Waals surface area contributed by atoms with Crippen molar-refractivity contribution in [2.24, 2.45) is 11.1 Å². The summed E-state index contributed by atoms with van der Waals surface area (Å²) in [6.07, 6.45) is 8.88. The second-order valence-corrected chi connectivity index (χ2v) is 5.63. The number of hydrogen-bond acceptors (Lipinski definition) is 2. The van der Waals surface area contributed by atoms with Crippen molar-refractivity contribution in [2.45, 2.75) is 63.8 Å². The van der Waals surface area contributed by atoms with Gasteiger partial charge in [-0.25, -0.2) is 0 Å². The molecule has 3 heteroatoms. The van der Waals surface area contributed by atoms with Crippen LogP contribution in [0.15, 0.2) is 0 Å². The molecule has 0 saturated heterocycles. The summed E-state index contributed by atoms with van der Waals surface area (Å²) in [4.78, 5) is 12.4. The molecule has 0 heterocycles. The average Bonchev–Trinajstić information content (AvgIpc) is 2.73. The zero-order valence-corrected chi connectivity index (χ0v) is 10.3. The third-order valence-corrected chi connectivity index (χ3v) is 4.80. The Balaban J connectivity index is 2.01. The summed E-state index contributed by atoms with van der Waals surface area (Å²) < 4.78 is 0. The first-order valence-corrected chi connectivity index (χ1v) is 6.69. The number of carbonyl (C=O) groups is 1. The summed E-state index contributed by atoms with van der Waals surface area (Å²) in [6, 6.07) is 0. The summed E-state index contributed by atoms with van der Waals surface area (Å²) in [5.41, 5.74) is 5.70. The number of amides is 1. The van der Waals surface area contributed by atoms with Gasteiger partial charge in [0.2, 0.25) is 5.91 Å². The topological polar surface area (TPSA) is 55.1 Å². The van der Waals surface area contributed by atoms with E-state index in [1.54, 1.807) is 0 Å². The zero-order valence-electron chi connectivity index (χ0n) is 10.3. The third kappa shape index (κ3) is 1.86. The first-order valence-electron chi connectivity index (χ1n) is 6.69. The molecule has 2 aliphatic carbocycles. The van der Waals surface area contributed by atoms with Crippen molar-refractivity contribution in [2.75, 3.05) is 6.54 Å². The Labute approximate surface area is 98.2 Å². The van der Waals surface area contributed by atoms with Crippen molar-refractivity contribution in [3.05, 3.63) is 0 Å². The highest BCUT2D eigenvalue weighted by atomic mass is 16.2. The standard InChI is InChI=1S/C13H24N2O/c1-2-13(8-5-9-13)15-11(16)12(10-14)6-3-4-7-12/h2-10,14H2,1H3,(H,15,16). The Morgan fingerprint density at radius 3 is 2.19 bits per heavy atom. The van der Waals surface area contributed by atoms with Gasteiger partial charge in [0.1, 0.15) is 0 Å². The molecular formula is C13H24N2O. The van der Waals surface area contributed by atoms with Gasteiger partial charge in [-0.15, -0.1) is 0 Å². The fourth-order valence-corrected chi connectivity index (χ4v) is 3.12. The van der Waals surface area contributed by atoms with E-state index in [2.05, 4.69) is 12.2 Å². The third-order valence-electron chi connectivity index (χ3n) is 4.80. The quantitative estimate of drug-likeness (QED) is 0.767. The van der Waals surface area contributed by atoms with Crippen molar-refractivity contribution in [3.8, 4) is 0 Å². The van der Waals surface area contributed by atoms with E-state index in [0.717, 1.165) is 44.9 Å². The predicted octanol–water partition coefficient (Wildman–Crippen LogP) is 1.95. The van der Waals surface area contributed by atoms with Crippen LogP contribution >= 0.6 is 0 Å². The van der Waals surface area contributed by atoms with Crippen molar-refractivity contribution in [3.63, 3.8) is 0 Å². The molecule has 2 fully saturated rings. The van der Waals surface area contributed by atoms with E-state index in [1.165, 1.54) is 6.42 Å². The Kier molecular flexibility index (Phi) is 3.24. The van der Waals surface area contributed by atoms with Crippen LogP contribution in [0.3, 0.4) is 0 Å². The molecule has 0 atom stereocenters. The number of nitrogens with two attached hydrogens (primary N) is 1. The first-order chi connectivity index (χ1) is 7.66. The summed E-state index contributed by atoms with van der Waals surface area (Å²) in [7, 11) is 0. The van der Waals surface area contributed by atoms with Gasteiger partial charge in [-0.3, -0.25) is 4.79 Å². The smallest absolute Gasteiger partial charge is 0.227 e. The van der Waals surface area contributed by atoms with Gasteiger partial charge in [0.25, 0.3) is 0 Å². The minimum absolute atomic E-state index is 0.113. The molecule has 92 valence electrons. The van der Waals surface area contributed by atoms with Gasteiger partial charge in [0.05, 0.1) is 5.41 Å². The van der Waals surface area contributed by atoms with Crippen LogP contribution in [-0.2, 0) is 4.79 Å². The van der Waals surface area contributed by atoms with Gasteiger partial charge < -0.3 is 11.1 Å².